The molecule has 0 saturated carbocycles. The minimum atomic E-state index is -2.65. The molecule has 0 unspecified atom stereocenters. The third-order valence-corrected chi connectivity index (χ3v) is 19.9. The minimum absolute atomic E-state index is 0.843. The van der Waals surface area contributed by atoms with E-state index in [-0.39, 0.29) is 0 Å². The summed E-state index contributed by atoms with van der Waals surface area (Å²) in [6.07, 6.45) is -81.7. The zero-order valence-electron chi connectivity index (χ0n) is 59.8. The Morgan fingerprint density at radius 3 is 1.17 bits per heavy atom. The molecule has 47 heteroatoms. The quantitative estimate of drug-likeness (QED) is 0.0318. The summed E-state index contributed by atoms with van der Waals surface area (Å²) in [6, 6.07) is -7.40. The molecule has 8 rings (SSSR count). The van der Waals surface area contributed by atoms with E-state index in [1.54, 1.807) is 0 Å². The third kappa shape index (κ3) is 21.0. The first-order chi connectivity index (χ1) is 51.3. The number of aliphatic hydroxyl groups excluding tert-OH is 23. The zero-order valence-corrected chi connectivity index (χ0v) is 59.8. The maximum Gasteiger partial charge on any atom is 0.217 e. The minimum Gasteiger partial charge on any atom is -0.394 e. The molecular weight excluding hydrogens is 1490 g/mol. The van der Waals surface area contributed by atoms with E-state index in [4.69, 9.17) is 75.8 Å². The van der Waals surface area contributed by atoms with Gasteiger partial charge in [0.2, 0.25) is 23.6 Å². The number of amides is 4. The van der Waals surface area contributed by atoms with Gasteiger partial charge < -0.3 is 215 Å². The fourth-order valence-electron chi connectivity index (χ4n) is 13.8. The van der Waals surface area contributed by atoms with Crippen molar-refractivity contribution < 1.29 is 212 Å². The van der Waals surface area contributed by atoms with Crippen LogP contribution in [-0.4, -0.2) is 457 Å². The number of carbonyl (C=O) groups is 4. The highest BCUT2D eigenvalue weighted by Crippen LogP contribution is 2.40. The Labute approximate surface area is 620 Å². The molecule has 4 amide bonds. The van der Waals surface area contributed by atoms with Gasteiger partial charge in [0.05, 0.1) is 70.6 Å². The van der Waals surface area contributed by atoms with Crippen LogP contribution >= 0.6 is 0 Å². The van der Waals surface area contributed by atoms with Crippen molar-refractivity contribution in [1.29, 1.82) is 0 Å². The molecule has 109 heavy (non-hydrogen) atoms. The van der Waals surface area contributed by atoms with Crippen molar-refractivity contribution in [1.82, 2.24) is 21.3 Å². The molecule has 27 N–H and O–H groups in total. The number of carbonyl (C=O) groups excluding carboxylic acids is 4. The van der Waals surface area contributed by atoms with Gasteiger partial charge in [-0.15, -0.1) is 0 Å². The summed E-state index contributed by atoms with van der Waals surface area (Å²) in [5, 5.41) is 266. The second-order valence-electron chi connectivity index (χ2n) is 27.9. The summed E-state index contributed by atoms with van der Waals surface area (Å²) >= 11 is 0. The largest absolute Gasteiger partial charge is 0.394 e. The highest BCUT2D eigenvalue weighted by atomic mass is 16.8. The lowest BCUT2D eigenvalue weighted by Gasteiger charge is -2.51. The molecule has 0 spiro atoms. The molecule has 47 nitrogen and oxygen atoms in total. The van der Waals surface area contributed by atoms with Crippen molar-refractivity contribution in [3.8, 4) is 0 Å². The van der Waals surface area contributed by atoms with Gasteiger partial charge in [0.25, 0.3) is 0 Å². The fraction of sp³-hybridized carbons (Fsp3) is 0.935. The van der Waals surface area contributed by atoms with E-state index in [9.17, 15) is 137 Å². The molecule has 0 radical (unpaired) electrons. The van der Waals surface area contributed by atoms with E-state index in [1.807, 2.05) is 0 Å². The Bertz CT molecular complexity index is 2860. The number of aliphatic hydroxyl groups is 23. The molecule has 8 aliphatic heterocycles. The van der Waals surface area contributed by atoms with Crippen LogP contribution in [-0.2, 0) is 95.0 Å². The van der Waals surface area contributed by atoms with Crippen LogP contribution in [0.3, 0.4) is 0 Å². The average Bonchev–Trinajstić information content (AvgIpc) is 0.772. The van der Waals surface area contributed by atoms with E-state index in [2.05, 4.69) is 21.3 Å². The van der Waals surface area contributed by atoms with Crippen LogP contribution in [0.5, 0.6) is 0 Å². The predicted molar refractivity (Wildman–Crippen MR) is 341 cm³/mol. The maximum atomic E-state index is 13.4. The van der Waals surface area contributed by atoms with Crippen LogP contribution < -0.4 is 21.3 Å². The van der Waals surface area contributed by atoms with Crippen molar-refractivity contribution >= 4 is 23.6 Å². The summed E-state index contributed by atoms with van der Waals surface area (Å²) < 4.78 is 96.9. The van der Waals surface area contributed by atoms with Crippen LogP contribution in [0.15, 0.2) is 0 Å². The summed E-state index contributed by atoms with van der Waals surface area (Å²) in [6.45, 7) is -0.396. The van der Waals surface area contributed by atoms with Crippen molar-refractivity contribution in [2.75, 3.05) is 46.2 Å². The number of ether oxygens (including phenoxy) is 16. The van der Waals surface area contributed by atoms with E-state index in [0.29, 0.717) is 0 Å². The van der Waals surface area contributed by atoms with Gasteiger partial charge in [-0.2, -0.15) is 0 Å². The molecule has 8 fully saturated rings. The van der Waals surface area contributed by atoms with Crippen molar-refractivity contribution in [2.24, 2.45) is 0 Å². The normalized spacial score (nSPS) is 46.9. The summed E-state index contributed by atoms with van der Waals surface area (Å²) in [5.41, 5.74) is 0. The Morgan fingerprint density at radius 2 is 0.716 bits per heavy atom. The molecule has 0 aromatic heterocycles. The standard InChI is InChI=1S/C62H106N4O43/c1-15-32(77)42(87)46(91)58(96-15)105-50-27(12-71)102-56(31(66-21(7)75)51(50)106-57-30(65-20(6)74)41(86)37(82)25(10-69)100-57)94-13-23(76)35(80)49(22(8-67)63-18(4)72)104-62-54(109-60-48(93)44(89)34(79)17(3)98-60)52(39(84)28(103-62)14-95-55-29(64-19(5)73)40(85)36(81)24(9-68)99-55)107-61-53(45(90)38(83)26(11-70)101-61)108-59-47(92)43(88)33(78)16(2)97-59/h15-17,22-62,67-71,76-93H,8-14H2,1-7H3,(H,63,72)(H,64,73)(H,65,74)(H,66,75)/t15-,16-,17-,22+,23-,24-,25-,26-,27-,28-,29-,30-,31-,32+,33+,34+,35+,36-,37-,38+,39+,40-,41-,42+,43+,44+,45+,46-,47-,48-,49-,50-,51-,52+,53-,54-,55-,56-,57+,58-,59-,60-,61+,62+/m1/s1. The number of rotatable bonds is 30. The van der Waals surface area contributed by atoms with Gasteiger partial charge in [-0.25, -0.2) is 0 Å². The molecule has 8 saturated heterocycles. The van der Waals surface area contributed by atoms with E-state index in [1.165, 1.54) is 20.8 Å². The van der Waals surface area contributed by atoms with Crippen LogP contribution in [0.2, 0.25) is 0 Å². The first-order valence-corrected chi connectivity index (χ1v) is 35.1. The van der Waals surface area contributed by atoms with Crippen molar-refractivity contribution in [3.05, 3.63) is 0 Å². The number of nitrogens with one attached hydrogen (secondary N) is 4. The first-order valence-electron chi connectivity index (χ1n) is 35.1. The summed E-state index contributed by atoms with van der Waals surface area (Å²) in [4.78, 5) is 51.7. The van der Waals surface area contributed by atoms with Crippen LogP contribution in [0, 0.1) is 0 Å². The smallest absolute Gasteiger partial charge is 0.217 e. The van der Waals surface area contributed by atoms with Gasteiger partial charge in [-0.3, -0.25) is 19.2 Å². The predicted octanol–water partition coefficient (Wildman–Crippen LogP) is -17.3. The van der Waals surface area contributed by atoms with E-state index in [0.717, 1.165) is 27.7 Å². The van der Waals surface area contributed by atoms with Gasteiger partial charge >= 0.3 is 0 Å². The molecule has 0 bridgehead atoms. The lowest BCUT2D eigenvalue weighted by Crippen LogP contribution is -2.71. The number of hydrogen-bond donors (Lipinski definition) is 27. The summed E-state index contributed by atoms with van der Waals surface area (Å²) in [7, 11) is 0. The Hall–Kier alpha value is -3.68. The van der Waals surface area contributed by atoms with Gasteiger partial charge in [0.1, 0.15) is 195 Å². The first kappa shape index (κ1) is 90.9. The monoisotopic (exact) mass is 1590 g/mol. The molecule has 0 aliphatic carbocycles. The average molecular weight is 1600 g/mol. The van der Waals surface area contributed by atoms with Gasteiger partial charge in [-0.1, -0.05) is 0 Å². The van der Waals surface area contributed by atoms with Crippen molar-refractivity contribution in [3.63, 3.8) is 0 Å². The second kappa shape index (κ2) is 39.8. The molecule has 8 aliphatic rings. The fourth-order valence-corrected chi connectivity index (χ4v) is 13.8. The Kier molecular flexibility index (Phi) is 33.2. The molecular formula is C62H106N4O43. The lowest BCUT2D eigenvalue weighted by molar-refractivity contribution is -0.409. The second-order valence-corrected chi connectivity index (χ2v) is 27.9. The Balaban J connectivity index is 1.21. The third-order valence-electron chi connectivity index (χ3n) is 19.9. The topological polar surface area (TPSA) is 729 Å². The molecule has 8 heterocycles. The van der Waals surface area contributed by atoms with Gasteiger partial charge in [0.15, 0.2) is 50.3 Å². The number of hydrogen-bond acceptors (Lipinski definition) is 43. The molecule has 632 valence electrons. The molecule has 0 aromatic rings. The molecule has 0 aromatic carbocycles. The summed E-state index contributed by atoms with van der Waals surface area (Å²) in [5.74, 6) is -3.65. The maximum absolute atomic E-state index is 13.4. The van der Waals surface area contributed by atoms with Gasteiger partial charge in [-0.05, 0) is 20.8 Å². The zero-order chi connectivity index (χ0) is 80.8. The van der Waals surface area contributed by atoms with Crippen LogP contribution in [0.4, 0.5) is 0 Å². The van der Waals surface area contributed by atoms with E-state index >= 15 is 0 Å². The van der Waals surface area contributed by atoms with Crippen molar-refractivity contribution in [2.45, 2.75) is 318 Å². The highest BCUT2D eigenvalue weighted by molar-refractivity contribution is 5.74. The van der Waals surface area contributed by atoms with E-state index < -0.39 is 340 Å². The highest BCUT2D eigenvalue weighted by Gasteiger charge is 2.60. The SMILES string of the molecule is CC(=O)N[C@H]1[C@H](OC[C@H]2O[C@@H](O[C@@H]([C@@H](O)[C@H](O)CO[C@@H]3O[C@H](CO)[C@@H](O[C@H]4O[C@H](C)[C@H](O)[C@H](O)[C@H]4O)[C@H](O[C@@H]4O[C@H](CO)[C@@H](O)[C@H](O)[C@H]4NC(C)=O)[C@H]3NC(C)=O)[C@H](CO)NC(C)=O)[C@H](O[C@H]3O[C@H](C)[C@H](O)[C@H](O)[C@H]3O)[C@@H](O[C@@H]3O[C@H](CO)[C@H](O)[C@H](O)[C@H]3O[C@H]3O[C@H](C)[C@H](O)[C@H](O)[C@H]3O)[C@H]2O)O[C@H](CO)[C@@H](O)[C@@H]1O. The Morgan fingerprint density at radius 1 is 0.339 bits per heavy atom. The van der Waals surface area contributed by atoms with Gasteiger partial charge in [0, 0.05) is 27.7 Å². The molecule has 44 atom stereocenters. The van der Waals surface area contributed by atoms with Crippen LogP contribution in [0.1, 0.15) is 48.5 Å². The van der Waals surface area contributed by atoms with Crippen LogP contribution in [0.25, 0.3) is 0 Å². The lowest BCUT2D eigenvalue weighted by atomic mass is 9.93.